The maximum atomic E-state index is 6.01. The fourth-order valence-electron chi connectivity index (χ4n) is 1.77. The molecule has 0 radical (unpaired) electrons. The highest BCUT2D eigenvalue weighted by molar-refractivity contribution is 9.10. The molecule has 0 amide bonds. The topological polar surface area (TPSA) is 24.9 Å². The van der Waals surface area contributed by atoms with E-state index in [1.54, 1.807) is 22.7 Å². The molecule has 1 N–H and O–H groups in total. The smallest absolute Gasteiger partial charge is 0.108 e. The van der Waals surface area contributed by atoms with Crippen LogP contribution in [0.15, 0.2) is 34.8 Å². The number of thiazole rings is 1. The molecule has 6 heteroatoms. The van der Waals surface area contributed by atoms with Gasteiger partial charge in [-0.25, -0.2) is 4.98 Å². The normalized spacial score (nSPS) is 11.3. The van der Waals surface area contributed by atoms with Gasteiger partial charge in [-0.15, -0.1) is 22.7 Å². The second kappa shape index (κ2) is 5.89. The Balaban J connectivity index is 1.63. The number of nitrogens with zero attached hydrogens (tertiary/aromatic N) is 1. The predicted molar refractivity (Wildman–Crippen MR) is 87.2 cm³/mol. The number of rotatable bonds is 4. The summed E-state index contributed by atoms with van der Waals surface area (Å²) in [4.78, 5) is 5.81. The Morgan fingerprint density at radius 1 is 1.21 bits per heavy atom. The summed E-state index contributed by atoms with van der Waals surface area (Å²) in [6.45, 7) is 1.60. The SMILES string of the molecule is Clc1sc(CNCc2nc3ccccc3s2)cc1Br. The van der Waals surface area contributed by atoms with Gasteiger partial charge in [-0.3, -0.25) is 0 Å². The van der Waals surface area contributed by atoms with Crippen LogP contribution in [0, 0.1) is 0 Å². The number of para-hydroxylation sites is 1. The van der Waals surface area contributed by atoms with Crippen molar-refractivity contribution in [2.75, 3.05) is 0 Å². The number of hydrogen-bond donors (Lipinski definition) is 1. The number of hydrogen-bond acceptors (Lipinski definition) is 4. The van der Waals surface area contributed by atoms with Crippen molar-refractivity contribution in [1.82, 2.24) is 10.3 Å². The molecule has 1 aromatic carbocycles. The van der Waals surface area contributed by atoms with Crippen molar-refractivity contribution in [2.45, 2.75) is 13.1 Å². The van der Waals surface area contributed by atoms with Gasteiger partial charge in [0.1, 0.15) is 9.34 Å². The van der Waals surface area contributed by atoms with Crippen LogP contribution in [0.5, 0.6) is 0 Å². The van der Waals surface area contributed by atoms with Gasteiger partial charge in [-0.2, -0.15) is 0 Å². The van der Waals surface area contributed by atoms with Crippen molar-refractivity contribution in [3.8, 4) is 0 Å². The molecule has 2 nitrogen and oxygen atoms in total. The van der Waals surface area contributed by atoms with Crippen LogP contribution in [-0.2, 0) is 13.1 Å². The first-order chi connectivity index (χ1) is 9.22. The summed E-state index contributed by atoms with van der Waals surface area (Å²) in [7, 11) is 0. The van der Waals surface area contributed by atoms with Gasteiger partial charge in [0.15, 0.2) is 0 Å². The van der Waals surface area contributed by atoms with Crippen molar-refractivity contribution < 1.29 is 0 Å². The summed E-state index contributed by atoms with van der Waals surface area (Å²) in [5.41, 5.74) is 1.08. The summed E-state index contributed by atoms with van der Waals surface area (Å²) in [6, 6.07) is 10.3. The van der Waals surface area contributed by atoms with Crippen LogP contribution in [0.3, 0.4) is 0 Å². The second-order valence-electron chi connectivity index (χ2n) is 4.01. The summed E-state index contributed by atoms with van der Waals surface area (Å²) < 4.78 is 3.01. The van der Waals surface area contributed by atoms with Crippen molar-refractivity contribution in [3.05, 3.63) is 49.0 Å². The van der Waals surface area contributed by atoms with Gasteiger partial charge in [0.05, 0.1) is 10.2 Å². The van der Waals surface area contributed by atoms with E-state index in [0.717, 1.165) is 32.4 Å². The molecule has 0 atom stereocenters. The van der Waals surface area contributed by atoms with Gasteiger partial charge in [-0.05, 0) is 34.1 Å². The van der Waals surface area contributed by atoms with Crippen molar-refractivity contribution in [3.63, 3.8) is 0 Å². The fraction of sp³-hybridized carbons (Fsp3) is 0.154. The highest BCUT2D eigenvalue weighted by atomic mass is 79.9. The van der Waals surface area contributed by atoms with Crippen LogP contribution in [0.25, 0.3) is 10.2 Å². The van der Waals surface area contributed by atoms with Gasteiger partial charge < -0.3 is 5.32 Å². The molecule has 0 aliphatic heterocycles. The quantitative estimate of drug-likeness (QED) is 0.691. The Kier molecular flexibility index (Phi) is 4.19. The number of thiophene rings is 1. The third kappa shape index (κ3) is 3.17. The predicted octanol–water partition coefficient (Wildman–Crippen LogP) is 5.06. The molecular formula is C13H10BrClN2S2. The number of fused-ring (bicyclic) bond motifs is 1. The summed E-state index contributed by atoms with van der Waals surface area (Å²) >= 11 is 12.8. The second-order valence-corrected chi connectivity index (χ2v) is 7.72. The van der Waals surface area contributed by atoms with Gasteiger partial charge in [0, 0.05) is 22.4 Å². The van der Waals surface area contributed by atoms with E-state index in [1.807, 2.05) is 18.2 Å². The Labute approximate surface area is 132 Å². The lowest BCUT2D eigenvalue weighted by Gasteiger charge is -1.98. The zero-order valence-corrected chi connectivity index (χ0v) is 13.8. The molecule has 2 heterocycles. The lowest BCUT2D eigenvalue weighted by Crippen LogP contribution is -2.11. The number of halogens is 2. The van der Waals surface area contributed by atoms with E-state index in [2.05, 4.69) is 38.4 Å². The molecule has 3 aromatic rings. The fourth-order valence-corrected chi connectivity index (χ4v) is 4.46. The molecule has 2 aromatic heterocycles. The molecule has 19 heavy (non-hydrogen) atoms. The van der Waals surface area contributed by atoms with Crippen LogP contribution in [0.2, 0.25) is 4.34 Å². The van der Waals surface area contributed by atoms with E-state index >= 15 is 0 Å². The molecule has 0 bridgehead atoms. The number of benzene rings is 1. The van der Waals surface area contributed by atoms with Crippen LogP contribution < -0.4 is 5.32 Å². The Morgan fingerprint density at radius 3 is 2.79 bits per heavy atom. The first-order valence-electron chi connectivity index (χ1n) is 5.71. The zero-order valence-electron chi connectivity index (χ0n) is 9.82. The van der Waals surface area contributed by atoms with E-state index in [1.165, 1.54) is 9.58 Å². The van der Waals surface area contributed by atoms with Gasteiger partial charge in [-0.1, -0.05) is 23.7 Å². The van der Waals surface area contributed by atoms with E-state index in [4.69, 9.17) is 11.6 Å². The molecule has 0 saturated heterocycles. The van der Waals surface area contributed by atoms with Crippen LogP contribution in [0.1, 0.15) is 9.88 Å². The Hall–Kier alpha value is -0.460. The third-order valence-electron chi connectivity index (χ3n) is 2.61. The largest absolute Gasteiger partial charge is 0.306 e. The van der Waals surface area contributed by atoms with E-state index in [0.29, 0.717) is 0 Å². The lowest BCUT2D eigenvalue weighted by atomic mass is 10.3. The Bertz CT molecular complexity index is 655. The highest BCUT2D eigenvalue weighted by Gasteiger charge is 2.05. The molecule has 0 aliphatic carbocycles. The molecule has 0 saturated carbocycles. The van der Waals surface area contributed by atoms with Crippen molar-refractivity contribution in [2.24, 2.45) is 0 Å². The van der Waals surface area contributed by atoms with E-state index < -0.39 is 0 Å². The lowest BCUT2D eigenvalue weighted by molar-refractivity contribution is 0.698. The van der Waals surface area contributed by atoms with Crippen molar-refractivity contribution in [1.29, 1.82) is 0 Å². The number of nitrogens with one attached hydrogen (secondary N) is 1. The molecule has 3 rings (SSSR count). The van der Waals surface area contributed by atoms with E-state index in [-0.39, 0.29) is 0 Å². The maximum absolute atomic E-state index is 6.01. The van der Waals surface area contributed by atoms with Crippen molar-refractivity contribution >= 4 is 60.4 Å². The zero-order chi connectivity index (χ0) is 13.2. The van der Waals surface area contributed by atoms with Gasteiger partial charge in [0.2, 0.25) is 0 Å². The minimum atomic E-state index is 0.784. The van der Waals surface area contributed by atoms with Crippen LogP contribution >= 0.6 is 50.2 Å². The molecular weight excluding hydrogens is 364 g/mol. The molecule has 0 aliphatic rings. The van der Waals surface area contributed by atoms with Gasteiger partial charge in [0.25, 0.3) is 0 Å². The van der Waals surface area contributed by atoms with Gasteiger partial charge >= 0.3 is 0 Å². The number of aromatic nitrogens is 1. The molecule has 0 spiro atoms. The Morgan fingerprint density at radius 2 is 2.05 bits per heavy atom. The summed E-state index contributed by atoms with van der Waals surface area (Å²) in [5.74, 6) is 0. The maximum Gasteiger partial charge on any atom is 0.108 e. The standard InChI is InChI=1S/C13H10BrClN2S2/c14-9-5-8(18-13(9)15)6-16-7-12-17-10-3-1-2-4-11(10)19-12/h1-5,16H,6-7H2. The third-order valence-corrected chi connectivity index (χ3v) is 6.12. The van der Waals surface area contributed by atoms with Crippen LogP contribution in [-0.4, -0.2) is 4.98 Å². The highest BCUT2D eigenvalue weighted by Crippen LogP contribution is 2.31. The monoisotopic (exact) mass is 372 g/mol. The van der Waals surface area contributed by atoms with E-state index in [9.17, 15) is 0 Å². The minimum absolute atomic E-state index is 0.784. The first kappa shape index (κ1) is 13.5. The molecule has 98 valence electrons. The first-order valence-corrected chi connectivity index (χ1v) is 8.51. The molecule has 0 unspecified atom stereocenters. The average Bonchev–Trinajstić information content (AvgIpc) is 2.93. The minimum Gasteiger partial charge on any atom is -0.306 e. The van der Waals surface area contributed by atoms with Crippen LogP contribution in [0.4, 0.5) is 0 Å². The summed E-state index contributed by atoms with van der Waals surface area (Å²) in [5, 5.41) is 4.51. The molecule has 0 fully saturated rings. The average molecular weight is 374 g/mol. The summed E-state index contributed by atoms with van der Waals surface area (Å²) in [6.07, 6.45) is 0.